The van der Waals surface area contributed by atoms with Crippen LogP contribution in [-0.2, 0) is 4.74 Å². The predicted octanol–water partition coefficient (Wildman–Crippen LogP) is 2.90. The Balaban J connectivity index is 2.05. The normalized spacial score (nSPS) is 24.1. The van der Waals surface area contributed by atoms with E-state index in [1.165, 1.54) is 12.8 Å². The van der Waals surface area contributed by atoms with Gasteiger partial charge in [-0.3, -0.25) is 5.41 Å². The van der Waals surface area contributed by atoms with E-state index in [1.54, 1.807) is 0 Å². The first-order valence-corrected chi connectivity index (χ1v) is 5.62. The molecule has 0 bridgehead atoms. The van der Waals surface area contributed by atoms with Crippen molar-refractivity contribution in [1.29, 1.82) is 5.41 Å². The monoisotopic (exact) mass is 194 g/mol. The van der Waals surface area contributed by atoms with E-state index in [-0.39, 0.29) is 5.54 Å². The van der Waals surface area contributed by atoms with E-state index < -0.39 is 0 Å². The quantitative estimate of drug-likeness (QED) is 0.737. The van der Waals surface area contributed by atoms with Crippen molar-refractivity contribution in [2.75, 3.05) is 0 Å². The lowest BCUT2D eigenvalue weighted by molar-refractivity contribution is 0.485. The van der Waals surface area contributed by atoms with Gasteiger partial charge in [-0.1, -0.05) is 26.2 Å². The van der Waals surface area contributed by atoms with Crippen LogP contribution in [0.2, 0.25) is 0 Å². The highest BCUT2D eigenvalue weighted by Gasteiger charge is 2.44. The third-order valence-electron chi connectivity index (χ3n) is 3.16. The van der Waals surface area contributed by atoms with Crippen molar-refractivity contribution in [2.24, 2.45) is 4.99 Å². The predicted molar refractivity (Wildman–Crippen MR) is 57.0 cm³/mol. The summed E-state index contributed by atoms with van der Waals surface area (Å²) in [4.78, 5) is 4.61. The van der Waals surface area contributed by atoms with Crippen LogP contribution in [-0.4, -0.2) is 17.3 Å². The van der Waals surface area contributed by atoms with Gasteiger partial charge in [0, 0.05) is 6.42 Å². The van der Waals surface area contributed by atoms with Gasteiger partial charge in [0.25, 0.3) is 0 Å². The summed E-state index contributed by atoms with van der Waals surface area (Å²) in [6.45, 7) is 2.16. The Bertz CT molecular complexity index is 264. The Kier molecular flexibility index (Phi) is 2.57. The molecule has 1 aliphatic carbocycles. The van der Waals surface area contributed by atoms with Gasteiger partial charge >= 0.3 is 0 Å². The number of nitrogens with one attached hydrogen (secondary N) is 1. The van der Waals surface area contributed by atoms with Gasteiger partial charge in [0.1, 0.15) is 5.54 Å². The second-order valence-electron chi connectivity index (χ2n) is 4.28. The molecule has 3 heteroatoms. The van der Waals surface area contributed by atoms with Crippen molar-refractivity contribution in [1.82, 2.24) is 0 Å². The number of rotatable bonds is 3. The molecule has 0 aromatic rings. The number of nitrogens with zero attached hydrogens (tertiary/aromatic N) is 1. The van der Waals surface area contributed by atoms with Gasteiger partial charge < -0.3 is 4.74 Å². The molecule has 1 aliphatic heterocycles. The summed E-state index contributed by atoms with van der Waals surface area (Å²) in [5, 5.41) is 7.82. The molecule has 0 saturated heterocycles. The van der Waals surface area contributed by atoms with Crippen molar-refractivity contribution in [3.63, 3.8) is 0 Å². The first-order chi connectivity index (χ1) is 6.77. The number of aliphatic imine (C=N–C) groups is 1. The standard InChI is InChI=1S/C11H18N2O/c1-2-3-6-9-13-11(10(12)14-9)7-4-5-8-11/h12H,2-8H2,1H3. The van der Waals surface area contributed by atoms with Gasteiger partial charge in [0.05, 0.1) is 0 Å². The number of hydrogen-bond acceptors (Lipinski definition) is 3. The molecular weight excluding hydrogens is 176 g/mol. The third kappa shape index (κ3) is 1.56. The third-order valence-corrected chi connectivity index (χ3v) is 3.16. The van der Waals surface area contributed by atoms with Gasteiger partial charge in [-0.2, -0.15) is 0 Å². The Labute approximate surface area is 85.1 Å². The van der Waals surface area contributed by atoms with Gasteiger partial charge in [-0.25, -0.2) is 4.99 Å². The molecule has 1 saturated carbocycles. The minimum absolute atomic E-state index is 0.233. The van der Waals surface area contributed by atoms with Crippen LogP contribution in [0.25, 0.3) is 0 Å². The molecule has 2 aliphatic rings. The molecule has 3 nitrogen and oxygen atoms in total. The molecule has 1 fully saturated rings. The molecule has 0 amide bonds. The lowest BCUT2D eigenvalue weighted by atomic mass is 9.99. The minimum atomic E-state index is -0.233. The van der Waals surface area contributed by atoms with Gasteiger partial charge in [-0.15, -0.1) is 0 Å². The number of unbranched alkanes of at least 4 members (excludes halogenated alkanes) is 1. The Morgan fingerprint density at radius 2 is 2.14 bits per heavy atom. The number of hydrogen-bond donors (Lipinski definition) is 1. The van der Waals surface area contributed by atoms with E-state index in [1.807, 2.05) is 0 Å². The van der Waals surface area contributed by atoms with E-state index in [0.717, 1.165) is 38.0 Å². The summed E-state index contributed by atoms with van der Waals surface area (Å²) >= 11 is 0. The maximum absolute atomic E-state index is 7.82. The van der Waals surface area contributed by atoms with Crippen LogP contribution in [0.15, 0.2) is 4.99 Å². The second-order valence-corrected chi connectivity index (χ2v) is 4.28. The maximum Gasteiger partial charge on any atom is 0.217 e. The number of ether oxygens (including phenoxy) is 1. The fourth-order valence-corrected chi connectivity index (χ4v) is 2.26. The average molecular weight is 194 g/mol. The highest BCUT2D eigenvalue weighted by molar-refractivity contribution is 6.01. The second kappa shape index (κ2) is 3.71. The van der Waals surface area contributed by atoms with E-state index in [9.17, 15) is 0 Å². The fourth-order valence-electron chi connectivity index (χ4n) is 2.26. The van der Waals surface area contributed by atoms with Crippen molar-refractivity contribution in [3.8, 4) is 0 Å². The van der Waals surface area contributed by atoms with Crippen LogP contribution >= 0.6 is 0 Å². The molecule has 0 aromatic heterocycles. The molecule has 78 valence electrons. The Morgan fingerprint density at radius 1 is 1.43 bits per heavy atom. The zero-order valence-corrected chi connectivity index (χ0v) is 8.81. The van der Waals surface area contributed by atoms with Crippen molar-refractivity contribution in [3.05, 3.63) is 0 Å². The van der Waals surface area contributed by atoms with Crippen molar-refractivity contribution < 1.29 is 4.74 Å². The molecule has 0 unspecified atom stereocenters. The summed E-state index contributed by atoms with van der Waals surface area (Å²) in [5.74, 6) is 1.21. The first-order valence-electron chi connectivity index (χ1n) is 5.62. The van der Waals surface area contributed by atoms with E-state index >= 15 is 0 Å². The van der Waals surface area contributed by atoms with Crippen LogP contribution < -0.4 is 0 Å². The smallest absolute Gasteiger partial charge is 0.217 e. The van der Waals surface area contributed by atoms with Crippen LogP contribution in [0.4, 0.5) is 0 Å². The molecule has 0 aromatic carbocycles. The van der Waals surface area contributed by atoms with Gasteiger partial charge in [0.15, 0.2) is 5.90 Å². The van der Waals surface area contributed by atoms with E-state index in [0.29, 0.717) is 5.90 Å². The summed E-state index contributed by atoms with van der Waals surface area (Å²) in [7, 11) is 0. The summed E-state index contributed by atoms with van der Waals surface area (Å²) in [6, 6.07) is 0. The topological polar surface area (TPSA) is 45.4 Å². The lowest BCUT2D eigenvalue weighted by Gasteiger charge is -2.15. The van der Waals surface area contributed by atoms with Crippen LogP contribution in [0.5, 0.6) is 0 Å². The van der Waals surface area contributed by atoms with E-state index in [2.05, 4.69) is 11.9 Å². The molecule has 0 radical (unpaired) electrons. The Hall–Kier alpha value is -0.860. The van der Waals surface area contributed by atoms with Crippen molar-refractivity contribution in [2.45, 2.75) is 57.4 Å². The highest BCUT2D eigenvalue weighted by atomic mass is 16.5. The SMILES string of the molecule is CCCCC1=NC2(CCCC2)C(=N)O1. The fraction of sp³-hybridized carbons (Fsp3) is 0.818. The molecule has 0 atom stereocenters. The summed E-state index contributed by atoms with van der Waals surface area (Å²) < 4.78 is 5.43. The molecular formula is C11H18N2O. The van der Waals surface area contributed by atoms with Crippen LogP contribution in [0, 0.1) is 5.41 Å². The van der Waals surface area contributed by atoms with Crippen LogP contribution in [0.1, 0.15) is 51.9 Å². The summed E-state index contributed by atoms with van der Waals surface area (Å²) in [6.07, 6.45) is 7.58. The zero-order chi connectivity index (χ0) is 10.0. The van der Waals surface area contributed by atoms with Gasteiger partial charge in [-0.05, 0) is 19.3 Å². The average Bonchev–Trinajstić information content (AvgIpc) is 2.74. The first kappa shape index (κ1) is 9.69. The molecule has 14 heavy (non-hydrogen) atoms. The lowest BCUT2D eigenvalue weighted by Crippen LogP contribution is -2.29. The van der Waals surface area contributed by atoms with Crippen molar-refractivity contribution >= 4 is 11.8 Å². The molecule has 2 rings (SSSR count). The maximum atomic E-state index is 7.82. The highest BCUT2D eigenvalue weighted by Crippen LogP contribution is 2.38. The van der Waals surface area contributed by atoms with E-state index in [4.69, 9.17) is 10.1 Å². The zero-order valence-electron chi connectivity index (χ0n) is 8.81. The molecule has 1 heterocycles. The van der Waals surface area contributed by atoms with Crippen LogP contribution in [0.3, 0.4) is 0 Å². The largest absolute Gasteiger partial charge is 0.427 e. The Morgan fingerprint density at radius 3 is 2.79 bits per heavy atom. The summed E-state index contributed by atoms with van der Waals surface area (Å²) in [5.41, 5.74) is -0.233. The molecule has 1 N–H and O–H groups in total. The minimum Gasteiger partial charge on any atom is -0.427 e. The molecule has 1 spiro atoms. The van der Waals surface area contributed by atoms with Gasteiger partial charge in [0.2, 0.25) is 5.90 Å².